The molecule has 1 aromatic heterocycles. The maximum Gasteiger partial charge on any atom is 0.371 e. The number of furan rings is 1. The number of carboxylic acids is 1. The van der Waals surface area contributed by atoms with Crippen LogP contribution in [0.1, 0.15) is 5.76 Å². The summed E-state index contributed by atoms with van der Waals surface area (Å²) in [7, 11) is 0. The van der Waals surface area contributed by atoms with Gasteiger partial charge >= 0.3 is 5.97 Å². The van der Waals surface area contributed by atoms with Gasteiger partial charge in [-0.1, -0.05) is 18.2 Å². The fourth-order valence-electron chi connectivity index (χ4n) is 1.27. The fraction of sp³-hybridized carbons (Fsp3) is 0. The van der Waals surface area contributed by atoms with E-state index in [0.717, 1.165) is 11.5 Å². The molecule has 0 amide bonds. The van der Waals surface area contributed by atoms with Gasteiger partial charge < -0.3 is 14.6 Å². The van der Waals surface area contributed by atoms with E-state index >= 15 is 0 Å². The van der Waals surface area contributed by atoms with Crippen LogP contribution in [-0.4, -0.2) is 16.2 Å². The highest BCUT2D eigenvalue weighted by molar-refractivity contribution is 5.90. The number of benzene rings is 1. The zero-order valence-corrected chi connectivity index (χ0v) is 7.68. The van der Waals surface area contributed by atoms with Gasteiger partial charge in [-0.05, 0) is 12.1 Å². The molecule has 4 nitrogen and oxygen atoms in total. The second kappa shape index (κ2) is 3.49. The molecule has 0 spiro atoms. The van der Waals surface area contributed by atoms with E-state index in [1.807, 2.05) is 18.2 Å². The van der Waals surface area contributed by atoms with Gasteiger partial charge in [-0.2, -0.15) is 0 Å². The number of para-hydroxylation sites is 1. The Morgan fingerprint density at radius 1 is 1.27 bits per heavy atom. The van der Waals surface area contributed by atoms with Crippen LogP contribution in [0, 0.1) is 0 Å². The van der Waals surface area contributed by atoms with Gasteiger partial charge in [0.1, 0.15) is 11.3 Å². The van der Waals surface area contributed by atoms with Gasteiger partial charge in [0.15, 0.2) is 0 Å². The van der Waals surface area contributed by atoms with E-state index in [1.165, 1.54) is 0 Å². The molecule has 2 aromatic rings. The summed E-state index contributed by atoms with van der Waals surface area (Å²) in [5.41, 5.74) is 0.655. The Kier molecular flexibility index (Phi) is 2.17. The zero-order chi connectivity index (χ0) is 10.8. The number of aliphatic hydroxyl groups is 1. The Balaban J connectivity index is 2.46. The molecule has 4 heteroatoms. The smallest absolute Gasteiger partial charge is 0.371 e. The van der Waals surface area contributed by atoms with E-state index in [4.69, 9.17) is 14.6 Å². The topological polar surface area (TPSA) is 70.7 Å². The van der Waals surface area contributed by atoms with E-state index in [-0.39, 0.29) is 0 Å². The van der Waals surface area contributed by atoms with Crippen molar-refractivity contribution in [1.29, 1.82) is 0 Å². The van der Waals surface area contributed by atoms with Crippen LogP contribution in [0.25, 0.3) is 17.0 Å². The van der Waals surface area contributed by atoms with Crippen molar-refractivity contribution in [2.75, 3.05) is 0 Å². The summed E-state index contributed by atoms with van der Waals surface area (Å²) in [5.74, 6) is -1.80. The maximum absolute atomic E-state index is 10.4. The third kappa shape index (κ3) is 1.83. The predicted octanol–water partition coefficient (Wildman–Crippen LogP) is 2.42. The summed E-state index contributed by atoms with van der Waals surface area (Å²) < 4.78 is 5.29. The first-order chi connectivity index (χ1) is 7.16. The van der Waals surface area contributed by atoms with Crippen LogP contribution in [0.15, 0.2) is 40.5 Å². The average molecular weight is 204 g/mol. The zero-order valence-electron chi connectivity index (χ0n) is 7.68. The largest absolute Gasteiger partial charge is 0.502 e. The molecule has 0 radical (unpaired) electrons. The molecular weight excluding hydrogens is 196 g/mol. The van der Waals surface area contributed by atoms with Crippen molar-refractivity contribution < 1.29 is 19.4 Å². The normalized spacial score (nSPS) is 11.9. The van der Waals surface area contributed by atoms with Gasteiger partial charge in [0.25, 0.3) is 0 Å². The first kappa shape index (κ1) is 9.33. The van der Waals surface area contributed by atoms with E-state index in [2.05, 4.69) is 0 Å². The Hall–Kier alpha value is -2.23. The highest BCUT2D eigenvalue weighted by Crippen LogP contribution is 2.20. The van der Waals surface area contributed by atoms with Crippen LogP contribution >= 0.6 is 0 Å². The SMILES string of the molecule is O=C(O)/C(O)=C/c1cc2ccccc2o1. The lowest BCUT2D eigenvalue weighted by molar-refractivity contribution is -0.135. The van der Waals surface area contributed by atoms with E-state index in [1.54, 1.807) is 12.1 Å². The molecule has 0 unspecified atom stereocenters. The monoisotopic (exact) mass is 204 g/mol. The third-order valence-corrected chi connectivity index (χ3v) is 1.94. The number of aliphatic hydroxyl groups excluding tert-OH is 1. The van der Waals surface area contributed by atoms with Crippen molar-refractivity contribution in [2.45, 2.75) is 0 Å². The Morgan fingerprint density at radius 3 is 2.67 bits per heavy atom. The first-order valence-electron chi connectivity index (χ1n) is 4.29. The number of aliphatic carboxylic acids is 1. The highest BCUT2D eigenvalue weighted by Gasteiger charge is 2.06. The van der Waals surface area contributed by atoms with Crippen molar-refractivity contribution in [2.24, 2.45) is 0 Å². The molecule has 0 fully saturated rings. The highest BCUT2D eigenvalue weighted by atomic mass is 16.4. The van der Waals surface area contributed by atoms with Crippen molar-refractivity contribution in [1.82, 2.24) is 0 Å². The molecule has 0 bridgehead atoms. The molecule has 1 heterocycles. The molecule has 0 aliphatic carbocycles. The number of hydrogen-bond acceptors (Lipinski definition) is 3. The van der Waals surface area contributed by atoms with Crippen molar-refractivity contribution in [3.05, 3.63) is 41.9 Å². The second-order valence-electron chi connectivity index (χ2n) is 3.02. The average Bonchev–Trinajstić information content (AvgIpc) is 2.59. The quantitative estimate of drug-likeness (QED) is 0.582. The lowest BCUT2D eigenvalue weighted by atomic mass is 10.2. The standard InChI is InChI=1S/C11H8O4/c12-9(11(13)14)6-8-5-7-3-1-2-4-10(7)15-8/h1-6,12H,(H,13,14)/b9-6-. The van der Waals surface area contributed by atoms with Crippen LogP contribution < -0.4 is 0 Å². The number of carboxylic acid groups (broad SMARTS) is 1. The van der Waals surface area contributed by atoms with Crippen molar-refractivity contribution >= 4 is 23.0 Å². The van der Waals surface area contributed by atoms with Crippen LogP contribution in [0.2, 0.25) is 0 Å². The van der Waals surface area contributed by atoms with Crippen LogP contribution in [0.3, 0.4) is 0 Å². The minimum absolute atomic E-state index is 0.316. The minimum Gasteiger partial charge on any atom is -0.502 e. The minimum atomic E-state index is -1.38. The van der Waals surface area contributed by atoms with Gasteiger partial charge in [0.05, 0.1) is 0 Å². The van der Waals surface area contributed by atoms with Crippen molar-refractivity contribution in [3.63, 3.8) is 0 Å². The number of rotatable bonds is 2. The van der Waals surface area contributed by atoms with Gasteiger partial charge in [0, 0.05) is 11.5 Å². The van der Waals surface area contributed by atoms with Crippen molar-refractivity contribution in [3.8, 4) is 0 Å². The summed E-state index contributed by atoms with van der Waals surface area (Å²) in [6, 6.07) is 8.94. The number of hydrogen-bond donors (Lipinski definition) is 2. The molecule has 1 aromatic carbocycles. The van der Waals surface area contributed by atoms with Crippen LogP contribution in [-0.2, 0) is 4.79 Å². The molecule has 0 atom stereocenters. The molecule has 0 aliphatic rings. The molecule has 76 valence electrons. The third-order valence-electron chi connectivity index (χ3n) is 1.94. The lowest BCUT2D eigenvalue weighted by Crippen LogP contribution is -1.97. The summed E-state index contributed by atoms with van der Waals surface area (Å²) in [6.45, 7) is 0. The van der Waals surface area contributed by atoms with Gasteiger partial charge in [0.2, 0.25) is 5.76 Å². The maximum atomic E-state index is 10.4. The summed E-state index contributed by atoms with van der Waals surface area (Å²) in [4.78, 5) is 10.4. The summed E-state index contributed by atoms with van der Waals surface area (Å²) in [5, 5.41) is 18.3. The number of fused-ring (bicyclic) bond motifs is 1. The molecule has 0 saturated heterocycles. The Labute approximate surface area is 85.1 Å². The number of carbonyl (C=O) groups is 1. The van der Waals surface area contributed by atoms with Gasteiger partial charge in [-0.3, -0.25) is 0 Å². The molecule has 0 aliphatic heterocycles. The van der Waals surface area contributed by atoms with Crippen LogP contribution in [0.4, 0.5) is 0 Å². The van der Waals surface area contributed by atoms with Gasteiger partial charge in [-0.15, -0.1) is 0 Å². The van der Waals surface area contributed by atoms with Crippen LogP contribution in [0.5, 0.6) is 0 Å². The van der Waals surface area contributed by atoms with Gasteiger partial charge in [-0.25, -0.2) is 4.79 Å². The predicted molar refractivity (Wildman–Crippen MR) is 54.5 cm³/mol. The Bertz CT molecular complexity index is 503. The molecule has 0 saturated carbocycles. The summed E-state index contributed by atoms with van der Waals surface area (Å²) in [6.07, 6.45) is 1.07. The molecule has 15 heavy (non-hydrogen) atoms. The first-order valence-corrected chi connectivity index (χ1v) is 4.29. The van der Waals surface area contributed by atoms with E-state index in [0.29, 0.717) is 11.3 Å². The van der Waals surface area contributed by atoms with E-state index < -0.39 is 11.7 Å². The molecule has 2 N–H and O–H groups in total. The molecule has 2 rings (SSSR count). The van der Waals surface area contributed by atoms with E-state index in [9.17, 15) is 4.79 Å². The molecular formula is C11H8O4. The lowest BCUT2D eigenvalue weighted by Gasteiger charge is -1.88. The summed E-state index contributed by atoms with van der Waals surface area (Å²) >= 11 is 0. The second-order valence-corrected chi connectivity index (χ2v) is 3.02. The Morgan fingerprint density at radius 2 is 2.00 bits per heavy atom. The fourth-order valence-corrected chi connectivity index (χ4v) is 1.27.